The molecule has 1 saturated heterocycles. The minimum absolute atomic E-state index is 0.0456. The fraction of sp³-hybridized carbons (Fsp3) is 0.562. The number of amides is 1. The van der Waals surface area contributed by atoms with Crippen LogP contribution in [0.5, 0.6) is 0 Å². The lowest BCUT2D eigenvalue weighted by atomic mass is 10.1. The molecular weight excluding hydrogens is 357 g/mol. The zero-order valence-corrected chi connectivity index (χ0v) is 14.5. The number of nitrogens with one attached hydrogen (secondary N) is 1. The van der Waals surface area contributed by atoms with E-state index in [1.165, 1.54) is 0 Å². The van der Waals surface area contributed by atoms with Crippen LogP contribution in [0.4, 0.5) is 18.9 Å². The molecule has 0 spiro atoms. The summed E-state index contributed by atoms with van der Waals surface area (Å²) >= 11 is 0. The summed E-state index contributed by atoms with van der Waals surface area (Å²) in [6.07, 6.45) is -3.01. The van der Waals surface area contributed by atoms with E-state index < -0.39 is 46.2 Å². The number of carbonyl (C=O) groups excluding carboxylic acids is 1. The minimum Gasteiger partial charge on any atom is -0.384 e. The highest BCUT2D eigenvalue weighted by molar-refractivity contribution is 7.91. The third-order valence-electron chi connectivity index (χ3n) is 4.83. The van der Waals surface area contributed by atoms with Gasteiger partial charge in [-0.3, -0.25) is 4.79 Å². The highest BCUT2D eigenvalue weighted by Crippen LogP contribution is 2.37. The Kier molecular flexibility index (Phi) is 4.47. The van der Waals surface area contributed by atoms with E-state index in [0.29, 0.717) is 5.56 Å². The Morgan fingerprint density at radius 1 is 1.32 bits per heavy atom. The average molecular weight is 376 g/mol. The first-order chi connectivity index (χ1) is 11.6. The van der Waals surface area contributed by atoms with Crippen LogP contribution in [-0.4, -0.2) is 56.5 Å². The molecule has 1 fully saturated rings. The molecule has 1 N–H and O–H groups in total. The van der Waals surface area contributed by atoms with Gasteiger partial charge in [-0.15, -0.1) is 0 Å². The number of nitrogens with zero attached hydrogens (tertiary/aromatic N) is 1. The molecule has 2 heterocycles. The molecule has 0 unspecified atom stereocenters. The Hall–Kier alpha value is -1.77. The third-order valence-corrected chi connectivity index (χ3v) is 6.41. The van der Waals surface area contributed by atoms with Crippen LogP contribution < -0.4 is 5.32 Å². The van der Waals surface area contributed by atoms with Crippen LogP contribution in [0.2, 0.25) is 0 Å². The SMILES string of the molecule is CS(=O)(=O)[C@@H]1CN(C(=O)Cc2ccc3c(c2)NCC3)C[C@H]1C(F)(F)F. The fourth-order valence-electron chi connectivity index (χ4n) is 3.46. The standard InChI is InChI=1S/C16H19F3N2O3S/c1-25(23,24)14-9-21(8-12(14)16(17,18)19)15(22)7-10-2-3-11-4-5-20-13(11)6-10/h2-3,6,12,14,20H,4-5,7-9H2,1H3/t12-,14-/m1/s1. The maximum Gasteiger partial charge on any atom is 0.394 e. The van der Waals surface area contributed by atoms with E-state index in [1.54, 1.807) is 6.07 Å². The predicted molar refractivity (Wildman–Crippen MR) is 87.1 cm³/mol. The Labute approximate surface area is 144 Å². The maximum absolute atomic E-state index is 13.1. The number of anilines is 1. The molecule has 1 amide bonds. The lowest BCUT2D eigenvalue weighted by Gasteiger charge is -2.19. The molecule has 2 aliphatic rings. The maximum atomic E-state index is 13.1. The van der Waals surface area contributed by atoms with Crippen LogP contribution in [-0.2, 0) is 27.5 Å². The lowest BCUT2D eigenvalue weighted by Crippen LogP contribution is -2.37. The van der Waals surface area contributed by atoms with Gasteiger partial charge < -0.3 is 10.2 Å². The molecule has 2 aliphatic heterocycles. The van der Waals surface area contributed by atoms with Gasteiger partial charge in [-0.25, -0.2) is 8.42 Å². The zero-order valence-electron chi connectivity index (χ0n) is 13.6. The van der Waals surface area contributed by atoms with E-state index in [1.807, 2.05) is 12.1 Å². The molecule has 0 radical (unpaired) electrons. The van der Waals surface area contributed by atoms with Gasteiger partial charge in [0.05, 0.1) is 17.6 Å². The van der Waals surface area contributed by atoms with E-state index in [0.717, 1.165) is 35.4 Å². The molecule has 5 nitrogen and oxygen atoms in total. The number of benzene rings is 1. The van der Waals surface area contributed by atoms with E-state index in [-0.39, 0.29) is 6.42 Å². The van der Waals surface area contributed by atoms with Crippen molar-refractivity contribution in [1.29, 1.82) is 0 Å². The summed E-state index contributed by atoms with van der Waals surface area (Å²) in [6, 6.07) is 5.51. The fourth-order valence-corrected chi connectivity index (χ4v) is 4.75. The number of fused-ring (bicyclic) bond motifs is 1. The highest BCUT2D eigenvalue weighted by Gasteiger charge is 2.54. The molecule has 25 heavy (non-hydrogen) atoms. The first-order valence-corrected chi connectivity index (χ1v) is 9.90. The van der Waals surface area contributed by atoms with Gasteiger partial charge in [0.15, 0.2) is 9.84 Å². The summed E-state index contributed by atoms with van der Waals surface area (Å²) in [6.45, 7) is -0.198. The van der Waals surface area contributed by atoms with Gasteiger partial charge >= 0.3 is 6.18 Å². The summed E-state index contributed by atoms with van der Waals surface area (Å²) in [5.41, 5.74) is 2.78. The predicted octanol–water partition coefficient (Wildman–Crippen LogP) is 1.63. The summed E-state index contributed by atoms with van der Waals surface area (Å²) in [4.78, 5) is 13.4. The number of halogens is 3. The van der Waals surface area contributed by atoms with Crippen molar-refractivity contribution in [3.05, 3.63) is 29.3 Å². The van der Waals surface area contributed by atoms with Crippen LogP contribution in [0, 0.1) is 5.92 Å². The quantitative estimate of drug-likeness (QED) is 0.871. The van der Waals surface area contributed by atoms with Gasteiger partial charge in [-0.2, -0.15) is 13.2 Å². The molecule has 3 rings (SSSR count). The molecule has 0 aliphatic carbocycles. The van der Waals surface area contributed by atoms with Crippen molar-refractivity contribution >= 4 is 21.4 Å². The Bertz CT molecular complexity index is 792. The topological polar surface area (TPSA) is 66.5 Å². The van der Waals surface area contributed by atoms with E-state index in [9.17, 15) is 26.4 Å². The van der Waals surface area contributed by atoms with Crippen LogP contribution in [0.25, 0.3) is 0 Å². The number of hydrogen-bond donors (Lipinski definition) is 1. The van der Waals surface area contributed by atoms with Crippen LogP contribution >= 0.6 is 0 Å². The van der Waals surface area contributed by atoms with E-state index >= 15 is 0 Å². The summed E-state index contributed by atoms with van der Waals surface area (Å²) in [5.74, 6) is -2.52. The molecule has 0 aromatic heterocycles. The normalized spacial score (nSPS) is 23.4. The largest absolute Gasteiger partial charge is 0.394 e. The summed E-state index contributed by atoms with van der Waals surface area (Å²) < 4.78 is 62.8. The first-order valence-electron chi connectivity index (χ1n) is 7.95. The van der Waals surface area contributed by atoms with Gasteiger partial charge in [0.25, 0.3) is 0 Å². The summed E-state index contributed by atoms with van der Waals surface area (Å²) in [5, 5.41) is 1.59. The number of likely N-dealkylation sites (tertiary alicyclic amines) is 1. The molecule has 1 aromatic carbocycles. The number of hydrogen-bond acceptors (Lipinski definition) is 4. The van der Waals surface area contributed by atoms with Crippen molar-refractivity contribution in [1.82, 2.24) is 4.90 Å². The van der Waals surface area contributed by atoms with E-state index in [2.05, 4.69) is 5.32 Å². The van der Waals surface area contributed by atoms with Crippen molar-refractivity contribution in [2.75, 3.05) is 31.2 Å². The third kappa shape index (κ3) is 3.75. The smallest absolute Gasteiger partial charge is 0.384 e. The Morgan fingerprint density at radius 2 is 2.04 bits per heavy atom. The second-order valence-corrected chi connectivity index (χ2v) is 8.92. The van der Waals surface area contributed by atoms with Crippen molar-refractivity contribution < 1.29 is 26.4 Å². The second-order valence-electron chi connectivity index (χ2n) is 6.66. The molecule has 0 bridgehead atoms. The van der Waals surface area contributed by atoms with Gasteiger partial charge in [0.2, 0.25) is 5.91 Å². The highest BCUT2D eigenvalue weighted by atomic mass is 32.2. The molecule has 138 valence electrons. The number of carbonyl (C=O) groups is 1. The minimum atomic E-state index is -4.65. The molecule has 2 atom stereocenters. The van der Waals surface area contributed by atoms with Gasteiger partial charge in [-0.05, 0) is 23.6 Å². The monoisotopic (exact) mass is 376 g/mol. The molecular formula is C16H19F3N2O3S. The summed E-state index contributed by atoms with van der Waals surface area (Å²) in [7, 11) is -3.91. The van der Waals surface area contributed by atoms with Crippen LogP contribution in [0.15, 0.2) is 18.2 Å². The Balaban J connectivity index is 1.74. The average Bonchev–Trinajstić information content (AvgIpc) is 3.12. The van der Waals surface area contributed by atoms with Crippen molar-refractivity contribution in [3.63, 3.8) is 0 Å². The van der Waals surface area contributed by atoms with Crippen molar-refractivity contribution in [3.8, 4) is 0 Å². The molecule has 1 aromatic rings. The van der Waals surface area contributed by atoms with Gasteiger partial charge in [0, 0.05) is 31.6 Å². The van der Waals surface area contributed by atoms with Crippen LogP contribution in [0.1, 0.15) is 11.1 Å². The first kappa shape index (κ1) is 18.0. The number of rotatable bonds is 3. The van der Waals surface area contributed by atoms with Crippen LogP contribution in [0.3, 0.4) is 0 Å². The number of sulfone groups is 1. The molecule has 0 saturated carbocycles. The zero-order chi connectivity index (χ0) is 18.4. The second kappa shape index (κ2) is 6.19. The van der Waals surface area contributed by atoms with Crippen molar-refractivity contribution in [2.45, 2.75) is 24.3 Å². The lowest BCUT2D eigenvalue weighted by molar-refractivity contribution is -0.170. The number of alkyl halides is 3. The van der Waals surface area contributed by atoms with Gasteiger partial charge in [0.1, 0.15) is 0 Å². The Morgan fingerprint density at radius 3 is 2.64 bits per heavy atom. The van der Waals surface area contributed by atoms with E-state index in [4.69, 9.17) is 0 Å². The van der Waals surface area contributed by atoms with Gasteiger partial charge in [-0.1, -0.05) is 12.1 Å². The molecule has 9 heteroatoms. The van der Waals surface area contributed by atoms with Crippen molar-refractivity contribution in [2.24, 2.45) is 5.92 Å².